The molecular formula is C17H31NO. The average molecular weight is 265 g/mol. The summed E-state index contributed by atoms with van der Waals surface area (Å²) in [5.41, 5.74) is 0.736. The summed E-state index contributed by atoms with van der Waals surface area (Å²) in [5.74, 6) is 1.90. The molecule has 1 aliphatic heterocycles. The summed E-state index contributed by atoms with van der Waals surface area (Å²) in [6, 6.07) is 0.779. The van der Waals surface area contributed by atoms with Crippen LogP contribution in [-0.2, 0) is 0 Å². The highest BCUT2D eigenvalue weighted by atomic mass is 16.3. The summed E-state index contributed by atoms with van der Waals surface area (Å²) < 4.78 is 0. The molecule has 0 radical (unpaired) electrons. The zero-order chi connectivity index (χ0) is 13.5. The summed E-state index contributed by atoms with van der Waals surface area (Å²) in [5, 5.41) is 9.62. The van der Waals surface area contributed by atoms with Crippen molar-refractivity contribution < 1.29 is 5.11 Å². The molecule has 0 aromatic rings. The first-order valence-corrected chi connectivity index (χ1v) is 8.50. The highest BCUT2D eigenvalue weighted by Crippen LogP contribution is 2.55. The molecule has 1 N–H and O–H groups in total. The molecule has 1 spiro atoms. The Morgan fingerprint density at radius 3 is 2.11 bits per heavy atom. The van der Waals surface area contributed by atoms with E-state index in [-0.39, 0.29) is 6.10 Å². The lowest BCUT2D eigenvalue weighted by atomic mass is 9.55. The number of hydrogen-bond acceptors (Lipinski definition) is 2. The van der Waals surface area contributed by atoms with Gasteiger partial charge in [-0.2, -0.15) is 0 Å². The van der Waals surface area contributed by atoms with E-state index in [0.717, 1.165) is 36.1 Å². The van der Waals surface area contributed by atoms with Crippen LogP contribution in [0.1, 0.15) is 65.2 Å². The van der Waals surface area contributed by atoms with Crippen LogP contribution in [0, 0.1) is 17.3 Å². The number of aliphatic hydroxyl groups is 1. The number of rotatable bonds is 2. The summed E-state index contributed by atoms with van der Waals surface area (Å²) in [7, 11) is 0. The summed E-state index contributed by atoms with van der Waals surface area (Å²) in [6.45, 7) is 7.43. The van der Waals surface area contributed by atoms with E-state index in [1.165, 1.54) is 51.6 Å². The second kappa shape index (κ2) is 5.37. The first-order chi connectivity index (χ1) is 9.08. The smallest absolute Gasteiger partial charge is 0.0541 e. The summed E-state index contributed by atoms with van der Waals surface area (Å²) in [6.07, 6.45) is 10.4. The zero-order valence-corrected chi connectivity index (χ0v) is 12.8. The third kappa shape index (κ3) is 2.85. The summed E-state index contributed by atoms with van der Waals surface area (Å²) >= 11 is 0. The van der Waals surface area contributed by atoms with Gasteiger partial charge in [-0.05, 0) is 81.7 Å². The summed E-state index contributed by atoms with van der Waals surface area (Å²) in [4.78, 5) is 2.74. The van der Waals surface area contributed by atoms with E-state index >= 15 is 0 Å². The van der Waals surface area contributed by atoms with Gasteiger partial charge < -0.3 is 10.0 Å². The van der Waals surface area contributed by atoms with E-state index in [2.05, 4.69) is 18.7 Å². The molecule has 0 bridgehead atoms. The standard InChI is InChI=1S/C17H31NO/c1-13(2)14-11-17(12-14)7-9-18(10-8-17)15-3-5-16(19)6-4-15/h13-16,19H,3-12H2,1-2H3. The van der Waals surface area contributed by atoms with E-state index in [9.17, 15) is 5.11 Å². The second-order valence-corrected chi connectivity index (χ2v) is 7.91. The Labute approximate surface area is 118 Å². The van der Waals surface area contributed by atoms with Gasteiger partial charge in [-0.1, -0.05) is 13.8 Å². The van der Waals surface area contributed by atoms with Crippen LogP contribution in [0.5, 0.6) is 0 Å². The molecule has 0 amide bonds. The number of aliphatic hydroxyl groups excluding tert-OH is 1. The Morgan fingerprint density at radius 2 is 1.58 bits per heavy atom. The monoisotopic (exact) mass is 265 g/mol. The number of piperidine rings is 1. The largest absolute Gasteiger partial charge is 0.393 e. The Bertz CT molecular complexity index is 290. The molecule has 2 aliphatic carbocycles. The van der Waals surface area contributed by atoms with Crippen molar-refractivity contribution in [3.63, 3.8) is 0 Å². The number of likely N-dealkylation sites (tertiary alicyclic amines) is 1. The van der Waals surface area contributed by atoms with Crippen molar-refractivity contribution in [1.29, 1.82) is 0 Å². The lowest BCUT2D eigenvalue weighted by Crippen LogP contribution is -2.51. The lowest BCUT2D eigenvalue weighted by Gasteiger charge is -2.55. The molecule has 110 valence electrons. The lowest BCUT2D eigenvalue weighted by molar-refractivity contribution is -0.0468. The van der Waals surface area contributed by atoms with Crippen molar-refractivity contribution in [1.82, 2.24) is 4.90 Å². The fourth-order valence-electron chi connectivity index (χ4n) is 4.72. The van der Waals surface area contributed by atoms with Crippen LogP contribution >= 0.6 is 0 Å². The average Bonchev–Trinajstić information content (AvgIpc) is 2.37. The third-order valence-corrected chi connectivity index (χ3v) is 6.37. The molecule has 0 aromatic heterocycles. The minimum absolute atomic E-state index is 0.00850. The fourth-order valence-corrected chi connectivity index (χ4v) is 4.72. The van der Waals surface area contributed by atoms with Crippen LogP contribution in [0.15, 0.2) is 0 Å². The minimum Gasteiger partial charge on any atom is -0.393 e. The number of nitrogens with zero attached hydrogens (tertiary/aromatic N) is 1. The van der Waals surface area contributed by atoms with Crippen LogP contribution in [0.2, 0.25) is 0 Å². The molecule has 0 aromatic carbocycles. The SMILES string of the molecule is CC(C)C1CC2(CCN(C3CCC(O)CC3)CC2)C1. The van der Waals surface area contributed by atoms with E-state index in [1.54, 1.807) is 0 Å². The van der Waals surface area contributed by atoms with Gasteiger partial charge in [0.25, 0.3) is 0 Å². The van der Waals surface area contributed by atoms with Crippen LogP contribution in [-0.4, -0.2) is 35.2 Å². The van der Waals surface area contributed by atoms with Crippen LogP contribution in [0.25, 0.3) is 0 Å². The molecule has 0 unspecified atom stereocenters. The van der Waals surface area contributed by atoms with Crippen LogP contribution in [0.3, 0.4) is 0 Å². The number of hydrogen-bond donors (Lipinski definition) is 1. The maximum atomic E-state index is 9.62. The van der Waals surface area contributed by atoms with Gasteiger partial charge in [-0.3, -0.25) is 0 Å². The molecule has 2 saturated carbocycles. The molecule has 3 aliphatic rings. The topological polar surface area (TPSA) is 23.5 Å². The maximum absolute atomic E-state index is 9.62. The maximum Gasteiger partial charge on any atom is 0.0541 e. The van der Waals surface area contributed by atoms with Crippen molar-refractivity contribution in [2.24, 2.45) is 17.3 Å². The van der Waals surface area contributed by atoms with Crippen LogP contribution in [0.4, 0.5) is 0 Å². The quantitative estimate of drug-likeness (QED) is 0.827. The van der Waals surface area contributed by atoms with E-state index in [1.807, 2.05) is 0 Å². The molecule has 19 heavy (non-hydrogen) atoms. The second-order valence-electron chi connectivity index (χ2n) is 7.91. The Morgan fingerprint density at radius 1 is 1.00 bits per heavy atom. The van der Waals surface area contributed by atoms with E-state index in [4.69, 9.17) is 0 Å². The highest BCUT2D eigenvalue weighted by Gasteiger charge is 2.47. The van der Waals surface area contributed by atoms with E-state index < -0.39 is 0 Å². The minimum atomic E-state index is -0.00850. The molecule has 1 saturated heterocycles. The fraction of sp³-hybridized carbons (Fsp3) is 1.00. The predicted octanol–water partition coefficient (Wildman–Crippen LogP) is 3.44. The van der Waals surface area contributed by atoms with Gasteiger partial charge >= 0.3 is 0 Å². The Balaban J connectivity index is 1.45. The first kappa shape index (κ1) is 13.9. The van der Waals surface area contributed by atoms with Crippen molar-refractivity contribution in [3.8, 4) is 0 Å². The molecule has 2 heteroatoms. The highest BCUT2D eigenvalue weighted by molar-refractivity contribution is 4.98. The van der Waals surface area contributed by atoms with Gasteiger partial charge in [0.05, 0.1) is 6.10 Å². The molecule has 3 fully saturated rings. The molecule has 3 rings (SSSR count). The molecule has 2 nitrogen and oxygen atoms in total. The Kier molecular flexibility index (Phi) is 3.92. The molecule has 1 heterocycles. The van der Waals surface area contributed by atoms with Crippen LogP contribution < -0.4 is 0 Å². The van der Waals surface area contributed by atoms with Gasteiger partial charge in [0.15, 0.2) is 0 Å². The van der Waals surface area contributed by atoms with Crippen molar-refractivity contribution >= 4 is 0 Å². The third-order valence-electron chi connectivity index (χ3n) is 6.37. The zero-order valence-electron chi connectivity index (χ0n) is 12.8. The molecule has 0 atom stereocenters. The van der Waals surface area contributed by atoms with Crippen molar-refractivity contribution in [3.05, 3.63) is 0 Å². The normalized spacial score (nSPS) is 36.6. The van der Waals surface area contributed by atoms with E-state index in [0.29, 0.717) is 0 Å². The van der Waals surface area contributed by atoms with Gasteiger partial charge in [0, 0.05) is 6.04 Å². The Hall–Kier alpha value is -0.0800. The predicted molar refractivity (Wildman–Crippen MR) is 79.1 cm³/mol. The van der Waals surface area contributed by atoms with Gasteiger partial charge in [0.2, 0.25) is 0 Å². The first-order valence-electron chi connectivity index (χ1n) is 8.50. The van der Waals surface area contributed by atoms with Crippen molar-refractivity contribution in [2.75, 3.05) is 13.1 Å². The van der Waals surface area contributed by atoms with Gasteiger partial charge in [-0.15, -0.1) is 0 Å². The van der Waals surface area contributed by atoms with Gasteiger partial charge in [-0.25, -0.2) is 0 Å². The van der Waals surface area contributed by atoms with Crippen molar-refractivity contribution in [2.45, 2.75) is 77.4 Å². The van der Waals surface area contributed by atoms with Gasteiger partial charge in [0.1, 0.15) is 0 Å². The molecular weight excluding hydrogens is 234 g/mol.